The molecule has 0 unspecified atom stereocenters. The van der Waals surface area contributed by atoms with Crippen LogP contribution in [-0.2, 0) is 4.74 Å². The van der Waals surface area contributed by atoms with Crippen LogP contribution in [0.5, 0.6) is 0 Å². The van der Waals surface area contributed by atoms with Gasteiger partial charge in [-0.15, -0.1) is 0 Å². The molecule has 0 N–H and O–H groups in total. The second-order valence-corrected chi connectivity index (χ2v) is 7.45. The molecule has 1 aliphatic rings. The zero-order chi connectivity index (χ0) is 14.8. The van der Waals surface area contributed by atoms with E-state index in [4.69, 9.17) is 4.74 Å². The average Bonchev–Trinajstić information content (AvgIpc) is 2.49. The summed E-state index contributed by atoms with van der Waals surface area (Å²) >= 11 is 7.11. The quantitative estimate of drug-likeness (QED) is 0.484. The van der Waals surface area contributed by atoms with Gasteiger partial charge < -0.3 is 4.74 Å². The molecule has 4 heteroatoms. The third kappa shape index (κ3) is 3.32. The van der Waals surface area contributed by atoms with Gasteiger partial charge in [-0.1, -0.05) is 46.6 Å². The van der Waals surface area contributed by atoms with Crippen LogP contribution in [0, 0.1) is 0 Å². The summed E-state index contributed by atoms with van der Waals surface area (Å²) in [5.41, 5.74) is 0.596. The summed E-state index contributed by atoms with van der Waals surface area (Å²) in [6, 6.07) is 11.9. The Labute approximate surface area is 141 Å². The first-order valence-corrected chi connectivity index (χ1v) is 8.89. The van der Waals surface area contributed by atoms with Gasteiger partial charge in [-0.05, 0) is 58.1 Å². The molecule has 21 heavy (non-hydrogen) atoms. The van der Waals surface area contributed by atoms with Gasteiger partial charge in [0, 0.05) is 4.47 Å². The van der Waals surface area contributed by atoms with Crippen molar-refractivity contribution in [1.29, 1.82) is 0 Å². The summed E-state index contributed by atoms with van der Waals surface area (Å²) in [6.45, 7) is 0. The SMILES string of the molecule is O=C(O[C@@H]1CCCC[C@H]1Br)c1cc2ccccc2cc1Br. The highest BCUT2D eigenvalue weighted by molar-refractivity contribution is 9.10. The molecule has 1 fully saturated rings. The van der Waals surface area contributed by atoms with Gasteiger partial charge in [0.15, 0.2) is 0 Å². The smallest absolute Gasteiger partial charge is 0.339 e. The molecule has 0 bridgehead atoms. The lowest BCUT2D eigenvalue weighted by molar-refractivity contribution is 0.0234. The molecule has 110 valence electrons. The van der Waals surface area contributed by atoms with Gasteiger partial charge in [0.2, 0.25) is 0 Å². The molecule has 0 spiro atoms. The van der Waals surface area contributed by atoms with Crippen LogP contribution >= 0.6 is 31.9 Å². The maximum atomic E-state index is 12.4. The van der Waals surface area contributed by atoms with Crippen molar-refractivity contribution < 1.29 is 9.53 Å². The number of carbonyl (C=O) groups excluding carboxylic acids is 1. The van der Waals surface area contributed by atoms with Crippen molar-refractivity contribution >= 4 is 48.6 Å². The Morgan fingerprint density at radius 3 is 2.48 bits per heavy atom. The predicted octanol–water partition coefficient (Wildman–Crippen LogP) is 5.47. The molecule has 0 amide bonds. The number of esters is 1. The highest BCUT2D eigenvalue weighted by Crippen LogP contribution is 2.30. The summed E-state index contributed by atoms with van der Waals surface area (Å²) < 4.78 is 6.49. The fourth-order valence-electron chi connectivity index (χ4n) is 2.75. The van der Waals surface area contributed by atoms with Crippen molar-refractivity contribution in [3.05, 3.63) is 46.4 Å². The molecular weight excluding hydrogens is 396 g/mol. The van der Waals surface area contributed by atoms with E-state index in [-0.39, 0.29) is 16.9 Å². The van der Waals surface area contributed by atoms with Crippen LogP contribution < -0.4 is 0 Å². The molecule has 2 atom stereocenters. The zero-order valence-corrected chi connectivity index (χ0v) is 14.7. The Kier molecular flexibility index (Phi) is 4.65. The van der Waals surface area contributed by atoms with Crippen LogP contribution in [0.2, 0.25) is 0 Å². The molecule has 0 aromatic heterocycles. The second-order valence-electron chi connectivity index (χ2n) is 5.42. The van der Waals surface area contributed by atoms with E-state index in [0.29, 0.717) is 5.56 Å². The lowest BCUT2D eigenvalue weighted by Crippen LogP contribution is -2.30. The highest BCUT2D eigenvalue weighted by Gasteiger charge is 2.27. The molecule has 3 rings (SSSR count). The predicted molar refractivity (Wildman–Crippen MR) is 92.0 cm³/mol. The molecule has 0 saturated heterocycles. The van der Waals surface area contributed by atoms with Gasteiger partial charge in [0.05, 0.1) is 10.4 Å². The number of alkyl halides is 1. The molecule has 0 radical (unpaired) electrons. The first-order valence-electron chi connectivity index (χ1n) is 7.18. The third-order valence-corrected chi connectivity index (χ3v) is 5.64. The van der Waals surface area contributed by atoms with Gasteiger partial charge >= 0.3 is 5.97 Å². The second kappa shape index (κ2) is 6.49. The Morgan fingerprint density at radius 1 is 1.10 bits per heavy atom. The van der Waals surface area contributed by atoms with E-state index in [9.17, 15) is 4.79 Å². The van der Waals surface area contributed by atoms with E-state index in [2.05, 4.69) is 31.9 Å². The maximum Gasteiger partial charge on any atom is 0.339 e. The largest absolute Gasteiger partial charge is 0.458 e. The minimum absolute atomic E-state index is 0.0235. The molecule has 1 saturated carbocycles. The standard InChI is InChI=1S/C17H16Br2O2/c18-14-7-3-4-8-16(14)21-17(20)13-9-11-5-1-2-6-12(11)10-15(13)19/h1-2,5-6,9-10,14,16H,3-4,7-8H2/t14-,16-/m1/s1. The van der Waals surface area contributed by atoms with E-state index in [0.717, 1.165) is 34.5 Å². The van der Waals surface area contributed by atoms with Gasteiger partial charge in [-0.3, -0.25) is 0 Å². The van der Waals surface area contributed by atoms with Crippen molar-refractivity contribution in [1.82, 2.24) is 0 Å². The molecule has 0 aliphatic heterocycles. The van der Waals surface area contributed by atoms with Crippen molar-refractivity contribution in [3.63, 3.8) is 0 Å². The number of ether oxygens (including phenoxy) is 1. The number of hydrogen-bond acceptors (Lipinski definition) is 2. The maximum absolute atomic E-state index is 12.4. The molecule has 2 nitrogen and oxygen atoms in total. The summed E-state index contributed by atoms with van der Waals surface area (Å²) in [5.74, 6) is -0.246. The topological polar surface area (TPSA) is 26.3 Å². The lowest BCUT2D eigenvalue weighted by Gasteiger charge is -2.27. The van der Waals surface area contributed by atoms with Gasteiger partial charge in [0.1, 0.15) is 6.10 Å². The van der Waals surface area contributed by atoms with Gasteiger partial charge in [0.25, 0.3) is 0 Å². The zero-order valence-electron chi connectivity index (χ0n) is 11.5. The average molecular weight is 412 g/mol. The molecule has 1 aliphatic carbocycles. The minimum atomic E-state index is -0.246. The van der Waals surface area contributed by atoms with Crippen molar-refractivity contribution in [2.45, 2.75) is 36.6 Å². The number of fused-ring (bicyclic) bond motifs is 1. The minimum Gasteiger partial charge on any atom is -0.458 e. The van der Waals surface area contributed by atoms with E-state index >= 15 is 0 Å². The summed E-state index contributed by atoms with van der Waals surface area (Å²) in [7, 11) is 0. The number of halogens is 2. The van der Waals surface area contributed by atoms with E-state index in [1.165, 1.54) is 6.42 Å². The van der Waals surface area contributed by atoms with Gasteiger partial charge in [-0.2, -0.15) is 0 Å². The normalized spacial score (nSPS) is 22.2. The van der Waals surface area contributed by atoms with Crippen LogP contribution in [0.4, 0.5) is 0 Å². The third-order valence-electron chi connectivity index (χ3n) is 3.94. The van der Waals surface area contributed by atoms with E-state index < -0.39 is 0 Å². The highest BCUT2D eigenvalue weighted by atomic mass is 79.9. The summed E-state index contributed by atoms with van der Waals surface area (Å²) in [5, 5.41) is 2.16. The molecule has 2 aromatic rings. The van der Waals surface area contributed by atoms with Crippen LogP contribution in [-0.4, -0.2) is 16.9 Å². The number of carbonyl (C=O) groups is 1. The fraction of sp³-hybridized carbons (Fsp3) is 0.353. The Hall–Kier alpha value is -0.870. The monoisotopic (exact) mass is 410 g/mol. The summed E-state index contributed by atoms with van der Waals surface area (Å²) in [4.78, 5) is 12.7. The number of hydrogen-bond donors (Lipinski definition) is 0. The molecular formula is C17H16Br2O2. The van der Waals surface area contributed by atoms with Crippen molar-refractivity contribution in [2.24, 2.45) is 0 Å². The Morgan fingerprint density at radius 2 is 1.76 bits per heavy atom. The molecule has 0 heterocycles. The van der Waals surface area contributed by atoms with E-state index in [1.807, 2.05) is 36.4 Å². The van der Waals surface area contributed by atoms with Crippen LogP contribution in [0.15, 0.2) is 40.9 Å². The number of benzene rings is 2. The van der Waals surface area contributed by atoms with Crippen molar-refractivity contribution in [3.8, 4) is 0 Å². The summed E-state index contributed by atoms with van der Waals surface area (Å²) in [6.07, 6.45) is 4.30. The van der Waals surface area contributed by atoms with Crippen molar-refractivity contribution in [2.75, 3.05) is 0 Å². The molecule has 2 aromatic carbocycles. The first kappa shape index (κ1) is 15.0. The van der Waals surface area contributed by atoms with Crippen LogP contribution in [0.25, 0.3) is 10.8 Å². The van der Waals surface area contributed by atoms with E-state index in [1.54, 1.807) is 0 Å². The van der Waals surface area contributed by atoms with Gasteiger partial charge in [-0.25, -0.2) is 4.79 Å². The number of rotatable bonds is 2. The lowest BCUT2D eigenvalue weighted by atomic mass is 9.97. The Bertz CT molecular complexity index is 669. The fourth-order valence-corrected chi connectivity index (χ4v) is 3.97. The van der Waals surface area contributed by atoms with Crippen LogP contribution in [0.3, 0.4) is 0 Å². The first-order chi connectivity index (χ1) is 10.1. The van der Waals surface area contributed by atoms with Crippen LogP contribution in [0.1, 0.15) is 36.0 Å². The Balaban J connectivity index is 1.85.